The lowest BCUT2D eigenvalue weighted by molar-refractivity contribution is -0.387. The van der Waals surface area contributed by atoms with Gasteiger partial charge in [-0.3, -0.25) is 14.9 Å². The lowest BCUT2D eigenvalue weighted by Gasteiger charge is -2.09. The Labute approximate surface area is 171 Å². The first-order valence-electron chi connectivity index (χ1n) is 8.63. The van der Waals surface area contributed by atoms with Gasteiger partial charge < -0.3 is 5.32 Å². The Hall–Kier alpha value is -2.71. The van der Waals surface area contributed by atoms with Crippen LogP contribution in [0.25, 0.3) is 0 Å². The van der Waals surface area contributed by atoms with Crippen LogP contribution in [0.3, 0.4) is 0 Å². The Kier molecular flexibility index (Phi) is 6.11. The van der Waals surface area contributed by atoms with E-state index in [1.165, 1.54) is 34.7 Å². The fourth-order valence-electron chi connectivity index (χ4n) is 2.52. The van der Waals surface area contributed by atoms with Gasteiger partial charge in [-0.1, -0.05) is 37.7 Å². The number of aryl methyl sites for hydroxylation is 1. The first kappa shape index (κ1) is 20.0. The van der Waals surface area contributed by atoms with Gasteiger partial charge in [-0.05, 0) is 42.7 Å². The third-order valence-electron chi connectivity index (χ3n) is 4.05. The van der Waals surface area contributed by atoms with Crippen molar-refractivity contribution in [2.75, 3.05) is 5.32 Å². The van der Waals surface area contributed by atoms with Gasteiger partial charge in [-0.25, -0.2) is 4.98 Å². The number of benzene rings is 2. The zero-order valence-corrected chi connectivity index (χ0v) is 17.3. The largest absolute Gasteiger partial charge is 0.322 e. The summed E-state index contributed by atoms with van der Waals surface area (Å²) in [7, 11) is 0. The number of nitro benzene ring substituents is 1. The van der Waals surface area contributed by atoms with Gasteiger partial charge in [0.15, 0.2) is 4.34 Å². The fraction of sp³-hybridized carbons (Fsp3) is 0.200. The maximum atomic E-state index is 12.5. The Bertz CT molecular complexity index is 1010. The predicted molar refractivity (Wildman–Crippen MR) is 113 cm³/mol. The van der Waals surface area contributed by atoms with Crippen LogP contribution >= 0.6 is 23.1 Å². The molecule has 3 rings (SSSR count). The number of hydrogen-bond donors (Lipinski definition) is 1. The van der Waals surface area contributed by atoms with E-state index in [1.54, 1.807) is 12.1 Å². The maximum absolute atomic E-state index is 12.5. The van der Waals surface area contributed by atoms with Crippen molar-refractivity contribution in [2.45, 2.75) is 35.9 Å². The minimum Gasteiger partial charge on any atom is -0.322 e. The molecule has 1 N–H and O–H groups in total. The van der Waals surface area contributed by atoms with E-state index in [1.807, 2.05) is 36.6 Å². The number of hydrogen-bond acceptors (Lipinski definition) is 6. The number of nitro groups is 1. The lowest BCUT2D eigenvalue weighted by atomic mass is 10.0. The van der Waals surface area contributed by atoms with Crippen LogP contribution in [0.5, 0.6) is 0 Å². The highest BCUT2D eigenvalue weighted by molar-refractivity contribution is 8.01. The smallest absolute Gasteiger partial charge is 0.284 e. The number of amides is 1. The highest BCUT2D eigenvalue weighted by atomic mass is 32.2. The summed E-state index contributed by atoms with van der Waals surface area (Å²) in [5, 5.41) is 16.2. The van der Waals surface area contributed by atoms with E-state index in [9.17, 15) is 14.9 Å². The molecule has 0 saturated carbocycles. The Morgan fingerprint density at radius 1 is 1.21 bits per heavy atom. The molecule has 8 heteroatoms. The van der Waals surface area contributed by atoms with Gasteiger partial charge in [0, 0.05) is 28.4 Å². The minimum absolute atomic E-state index is 0.111. The molecule has 0 aliphatic rings. The quantitative estimate of drug-likeness (QED) is 0.402. The molecule has 0 bridgehead atoms. The van der Waals surface area contributed by atoms with Crippen LogP contribution in [0.15, 0.2) is 57.1 Å². The topological polar surface area (TPSA) is 85.1 Å². The summed E-state index contributed by atoms with van der Waals surface area (Å²) in [6.45, 7) is 6.06. The molecule has 0 spiro atoms. The molecule has 2 aromatic carbocycles. The molecule has 6 nitrogen and oxygen atoms in total. The molecule has 0 unspecified atom stereocenters. The van der Waals surface area contributed by atoms with Crippen molar-refractivity contribution in [2.24, 2.45) is 0 Å². The molecule has 0 aliphatic carbocycles. The number of anilines is 1. The van der Waals surface area contributed by atoms with Crippen molar-refractivity contribution in [3.8, 4) is 0 Å². The monoisotopic (exact) mass is 413 g/mol. The Balaban J connectivity index is 1.80. The highest BCUT2D eigenvalue weighted by Gasteiger charge is 2.19. The van der Waals surface area contributed by atoms with Crippen molar-refractivity contribution in [1.82, 2.24) is 4.98 Å². The van der Waals surface area contributed by atoms with Crippen molar-refractivity contribution in [3.63, 3.8) is 0 Å². The van der Waals surface area contributed by atoms with Crippen LogP contribution < -0.4 is 5.32 Å². The summed E-state index contributed by atoms with van der Waals surface area (Å²) in [5.74, 6) is 0.0149. The Morgan fingerprint density at radius 2 is 1.93 bits per heavy atom. The second-order valence-electron chi connectivity index (χ2n) is 6.53. The van der Waals surface area contributed by atoms with Gasteiger partial charge >= 0.3 is 0 Å². The van der Waals surface area contributed by atoms with E-state index < -0.39 is 4.92 Å². The zero-order valence-electron chi connectivity index (χ0n) is 15.6. The number of carbonyl (C=O) groups excluding carboxylic acids is 1. The summed E-state index contributed by atoms with van der Waals surface area (Å²) < 4.78 is 0.725. The maximum Gasteiger partial charge on any atom is 0.284 e. The van der Waals surface area contributed by atoms with Crippen molar-refractivity contribution >= 4 is 40.4 Å². The zero-order chi connectivity index (χ0) is 20.3. The average Bonchev–Trinajstić information content (AvgIpc) is 3.07. The first-order chi connectivity index (χ1) is 13.3. The molecular weight excluding hydrogens is 394 g/mol. The summed E-state index contributed by atoms with van der Waals surface area (Å²) in [6.07, 6.45) is 0. The van der Waals surface area contributed by atoms with Gasteiger partial charge in [0.2, 0.25) is 0 Å². The number of nitrogens with zero attached hydrogens (tertiary/aromatic N) is 2. The summed E-state index contributed by atoms with van der Waals surface area (Å²) in [4.78, 5) is 28.3. The van der Waals surface area contributed by atoms with Gasteiger partial charge in [-0.15, -0.1) is 11.3 Å². The molecule has 1 amide bonds. The van der Waals surface area contributed by atoms with E-state index in [-0.39, 0.29) is 17.2 Å². The van der Waals surface area contributed by atoms with Gasteiger partial charge in [-0.2, -0.15) is 0 Å². The summed E-state index contributed by atoms with van der Waals surface area (Å²) in [5.41, 5.74) is 2.82. The molecule has 0 saturated heterocycles. The molecule has 144 valence electrons. The fourth-order valence-corrected chi connectivity index (χ4v) is 4.39. The van der Waals surface area contributed by atoms with Crippen LogP contribution in [0.1, 0.15) is 41.4 Å². The summed E-state index contributed by atoms with van der Waals surface area (Å²) in [6, 6.07) is 12.1. The molecule has 0 aliphatic heterocycles. The third kappa shape index (κ3) is 4.76. The van der Waals surface area contributed by atoms with Crippen molar-refractivity contribution in [3.05, 3.63) is 74.8 Å². The second-order valence-corrected chi connectivity index (χ2v) is 8.67. The van der Waals surface area contributed by atoms with Crippen LogP contribution in [0.2, 0.25) is 0 Å². The van der Waals surface area contributed by atoms with Gasteiger partial charge in [0.25, 0.3) is 11.6 Å². The molecular formula is C20H19N3O3S2. The average molecular weight is 414 g/mol. The minimum atomic E-state index is -0.475. The van der Waals surface area contributed by atoms with E-state index in [0.717, 1.165) is 10.0 Å². The number of rotatable bonds is 6. The Morgan fingerprint density at radius 3 is 2.50 bits per heavy atom. The SMILES string of the molecule is Cc1csc(Sc2ccc(C(=O)Nc3ccc(C(C)C)cc3)cc2[N+](=O)[O-])n1. The normalized spacial score (nSPS) is 10.9. The standard InChI is InChI=1S/C20H19N3O3S2/c1-12(2)14-4-7-16(8-5-14)22-19(24)15-6-9-18(17(10-15)23(25)26)28-20-21-13(3)11-27-20/h4-12H,1-3H3,(H,22,24). The third-order valence-corrected chi connectivity index (χ3v) is 6.17. The molecule has 3 aromatic rings. The summed E-state index contributed by atoms with van der Waals surface area (Å²) >= 11 is 2.66. The van der Waals surface area contributed by atoms with E-state index in [2.05, 4.69) is 24.1 Å². The van der Waals surface area contributed by atoms with Crippen LogP contribution in [0, 0.1) is 17.0 Å². The molecule has 1 heterocycles. The molecule has 0 atom stereocenters. The molecule has 0 fully saturated rings. The van der Waals surface area contributed by atoms with E-state index in [0.29, 0.717) is 16.5 Å². The molecule has 1 aromatic heterocycles. The predicted octanol–water partition coefficient (Wildman–Crippen LogP) is 5.89. The van der Waals surface area contributed by atoms with Crippen LogP contribution in [-0.4, -0.2) is 15.8 Å². The van der Waals surface area contributed by atoms with Gasteiger partial charge in [0.05, 0.1) is 9.82 Å². The number of thiazole rings is 1. The molecule has 28 heavy (non-hydrogen) atoms. The van der Waals surface area contributed by atoms with Crippen LogP contribution in [0.4, 0.5) is 11.4 Å². The van der Waals surface area contributed by atoms with E-state index in [4.69, 9.17) is 0 Å². The van der Waals surface area contributed by atoms with E-state index >= 15 is 0 Å². The van der Waals surface area contributed by atoms with Crippen molar-refractivity contribution in [1.29, 1.82) is 0 Å². The number of carbonyl (C=O) groups is 1. The van der Waals surface area contributed by atoms with Crippen molar-refractivity contribution < 1.29 is 9.72 Å². The highest BCUT2D eigenvalue weighted by Crippen LogP contribution is 2.36. The number of aromatic nitrogens is 1. The first-order valence-corrected chi connectivity index (χ1v) is 10.3. The number of nitrogens with one attached hydrogen (secondary N) is 1. The lowest BCUT2D eigenvalue weighted by Crippen LogP contribution is -2.12. The second kappa shape index (κ2) is 8.53. The van der Waals surface area contributed by atoms with Gasteiger partial charge in [0.1, 0.15) is 0 Å². The molecule has 0 radical (unpaired) electrons. The van der Waals surface area contributed by atoms with Crippen LogP contribution in [-0.2, 0) is 0 Å².